The molecule has 2 heteroatoms. The number of ketones is 1. The van der Waals surface area contributed by atoms with Gasteiger partial charge in [-0.25, -0.2) is 0 Å². The number of carbonyl (C=O) groups excluding carboxylic acids is 1. The zero-order valence-corrected chi connectivity index (χ0v) is 19.6. The van der Waals surface area contributed by atoms with E-state index in [1.54, 1.807) is 0 Å². The van der Waals surface area contributed by atoms with Gasteiger partial charge in [0, 0.05) is 6.42 Å². The average molecular weight is 403 g/mol. The molecule has 8 unspecified atom stereocenters. The number of fused-ring (bicyclic) bond motifs is 5. The summed E-state index contributed by atoms with van der Waals surface area (Å²) >= 11 is 0. The second-order valence-electron chi connectivity index (χ2n) is 12.2. The Bertz CT molecular complexity index is 597. The molecule has 0 spiro atoms. The highest BCUT2D eigenvalue weighted by atomic mass is 16.3. The van der Waals surface area contributed by atoms with Gasteiger partial charge in [0.05, 0.1) is 12.0 Å². The molecule has 0 saturated heterocycles. The maximum atomic E-state index is 13.2. The van der Waals surface area contributed by atoms with Crippen LogP contribution < -0.4 is 0 Å². The summed E-state index contributed by atoms with van der Waals surface area (Å²) in [6.07, 6.45) is 14.8. The average Bonchev–Trinajstić information content (AvgIpc) is 3.04. The fourth-order valence-electron chi connectivity index (χ4n) is 9.22. The molecule has 4 saturated carbocycles. The lowest BCUT2D eigenvalue weighted by Gasteiger charge is -2.60. The highest BCUT2D eigenvalue weighted by Gasteiger charge is 2.63. The quantitative estimate of drug-likeness (QED) is 0.540. The van der Waals surface area contributed by atoms with Gasteiger partial charge in [-0.1, -0.05) is 47.0 Å². The number of rotatable bonds is 6. The van der Waals surface area contributed by atoms with Crippen LogP contribution in [0.2, 0.25) is 0 Å². The van der Waals surface area contributed by atoms with Crippen molar-refractivity contribution in [2.45, 2.75) is 105 Å². The first-order valence-electron chi connectivity index (χ1n) is 13.0. The number of aliphatic hydroxyl groups excluding tert-OH is 1. The van der Waals surface area contributed by atoms with Gasteiger partial charge in [0.15, 0.2) is 0 Å². The third kappa shape index (κ3) is 3.44. The van der Waals surface area contributed by atoms with Gasteiger partial charge in [-0.3, -0.25) is 4.79 Å². The minimum absolute atomic E-state index is 0.121. The molecule has 1 N–H and O–H groups in total. The van der Waals surface area contributed by atoms with Crippen LogP contribution in [0.4, 0.5) is 0 Å². The fraction of sp³-hybridized carbons (Fsp3) is 0.963. The van der Waals surface area contributed by atoms with E-state index in [1.165, 1.54) is 64.2 Å². The summed E-state index contributed by atoms with van der Waals surface area (Å²) in [6.45, 7) is 9.96. The van der Waals surface area contributed by atoms with E-state index in [9.17, 15) is 9.90 Å². The van der Waals surface area contributed by atoms with Crippen LogP contribution in [0.3, 0.4) is 0 Å². The molecule has 2 nitrogen and oxygen atoms in total. The van der Waals surface area contributed by atoms with Crippen LogP contribution >= 0.6 is 0 Å². The lowest BCUT2D eigenvalue weighted by molar-refractivity contribution is -0.167. The Morgan fingerprint density at radius 1 is 1.00 bits per heavy atom. The number of carbonyl (C=O) groups is 1. The summed E-state index contributed by atoms with van der Waals surface area (Å²) in [4.78, 5) is 13.2. The van der Waals surface area contributed by atoms with Crippen molar-refractivity contribution in [3.63, 3.8) is 0 Å². The molecule has 0 bridgehead atoms. The van der Waals surface area contributed by atoms with Crippen molar-refractivity contribution in [1.29, 1.82) is 0 Å². The first kappa shape index (κ1) is 21.8. The molecule has 4 aliphatic carbocycles. The Hall–Kier alpha value is -0.370. The lowest BCUT2D eigenvalue weighted by Crippen LogP contribution is -2.59. The predicted molar refractivity (Wildman–Crippen MR) is 119 cm³/mol. The molecule has 4 aliphatic rings. The Morgan fingerprint density at radius 2 is 1.79 bits per heavy atom. The largest absolute Gasteiger partial charge is 0.395 e. The Labute approximate surface area is 179 Å². The maximum Gasteiger partial charge on any atom is 0.141 e. The van der Waals surface area contributed by atoms with E-state index < -0.39 is 0 Å². The Balaban J connectivity index is 1.52. The van der Waals surface area contributed by atoms with Crippen LogP contribution in [-0.2, 0) is 4.79 Å². The summed E-state index contributed by atoms with van der Waals surface area (Å²) in [5.41, 5.74) is 0.100. The molecule has 29 heavy (non-hydrogen) atoms. The molecule has 0 aromatic carbocycles. The van der Waals surface area contributed by atoms with Crippen LogP contribution in [0.25, 0.3) is 0 Å². The van der Waals surface area contributed by atoms with Crippen LogP contribution in [0, 0.1) is 52.3 Å². The normalized spacial score (nSPS) is 45.6. The SMILES string of the molecule is CC(C)CCCC(C)C1CCC2C3CCC4CCCC(=O)C4(CO)C3CCC12C. The third-order valence-corrected chi connectivity index (χ3v) is 10.6. The number of Topliss-reactive ketones (excluding diaryl/α,β-unsaturated/α-hetero) is 1. The van der Waals surface area contributed by atoms with Gasteiger partial charge < -0.3 is 5.11 Å². The summed E-state index contributed by atoms with van der Waals surface area (Å²) < 4.78 is 0. The highest BCUT2D eigenvalue weighted by molar-refractivity contribution is 5.86. The van der Waals surface area contributed by atoms with E-state index in [-0.39, 0.29) is 12.0 Å². The molecule has 0 radical (unpaired) electrons. The van der Waals surface area contributed by atoms with E-state index in [4.69, 9.17) is 0 Å². The smallest absolute Gasteiger partial charge is 0.141 e. The van der Waals surface area contributed by atoms with Crippen molar-refractivity contribution in [3.05, 3.63) is 0 Å². The molecule has 0 amide bonds. The van der Waals surface area contributed by atoms with E-state index in [1.807, 2.05) is 0 Å². The van der Waals surface area contributed by atoms with Gasteiger partial charge in [0.2, 0.25) is 0 Å². The first-order chi connectivity index (χ1) is 13.8. The van der Waals surface area contributed by atoms with Gasteiger partial charge in [0.1, 0.15) is 5.78 Å². The van der Waals surface area contributed by atoms with E-state index in [0.29, 0.717) is 29.0 Å². The predicted octanol–water partition coefficient (Wildman–Crippen LogP) is 6.65. The molecule has 0 aromatic heterocycles. The molecular weight excluding hydrogens is 356 g/mol. The van der Waals surface area contributed by atoms with Crippen molar-refractivity contribution in [2.75, 3.05) is 6.61 Å². The van der Waals surface area contributed by atoms with E-state index in [0.717, 1.165) is 36.5 Å². The van der Waals surface area contributed by atoms with Crippen LogP contribution in [0.5, 0.6) is 0 Å². The lowest BCUT2D eigenvalue weighted by atomic mass is 9.44. The van der Waals surface area contributed by atoms with Gasteiger partial charge in [0.25, 0.3) is 0 Å². The summed E-state index contributed by atoms with van der Waals surface area (Å²) in [5, 5.41) is 10.6. The topological polar surface area (TPSA) is 37.3 Å². The number of hydrogen-bond donors (Lipinski definition) is 1. The third-order valence-electron chi connectivity index (χ3n) is 10.6. The van der Waals surface area contributed by atoms with Gasteiger partial charge in [-0.15, -0.1) is 0 Å². The van der Waals surface area contributed by atoms with E-state index in [2.05, 4.69) is 27.7 Å². The van der Waals surface area contributed by atoms with Crippen molar-refractivity contribution in [1.82, 2.24) is 0 Å². The highest BCUT2D eigenvalue weighted by Crippen LogP contribution is 2.67. The van der Waals surface area contributed by atoms with Crippen molar-refractivity contribution >= 4 is 5.78 Å². The monoisotopic (exact) mass is 402 g/mol. The molecule has 0 aliphatic heterocycles. The van der Waals surface area contributed by atoms with Crippen molar-refractivity contribution in [2.24, 2.45) is 52.3 Å². The number of aliphatic hydroxyl groups is 1. The van der Waals surface area contributed by atoms with E-state index >= 15 is 0 Å². The zero-order valence-electron chi connectivity index (χ0n) is 19.6. The minimum Gasteiger partial charge on any atom is -0.395 e. The zero-order chi connectivity index (χ0) is 20.8. The first-order valence-corrected chi connectivity index (χ1v) is 13.0. The summed E-state index contributed by atoms with van der Waals surface area (Å²) in [7, 11) is 0. The standard InChI is InChI=1S/C27H46O2/c1-18(2)7-5-8-19(3)22-13-14-23-21-12-11-20-9-6-10-25(29)27(20,17-28)24(21)15-16-26(22,23)4/h18-24,28H,5-17H2,1-4H3. The summed E-state index contributed by atoms with van der Waals surface area (Å²) in [5.74, 6) is 5.35. The van der Waals surface area contributed by atoms with Crippen molar-refractivity contribution in [3.8, 4) is 0 Å². The minimum atomic E-state index is -0.372. The fourth-order valence-corrected chi connectivity index (χ4v) is 9.22. The van der Waals surface area contributed by atoms with Gasteiger partial charge in [-0.05, 0) is 98.2 Å². The van der Waals surface area contributed by atoms with Crippen LogP contribution in [0.1, 0.15) is 105 Å². The summed E-state index contributed by atoms with van der Waals surface area (Å²) in [6, 6.07) is 0. The molecule has 0 heterocycles. The molecule has 4 rings (SSSR count). The number of hydrogen-bond acceptors (Lipinski definition) is 2. The Morgan fingerprint density at radius 3 is 2.52 bits per heavy atom. The second-order valence-corrected chi connectivity index (χ2v) is 12.2. The van der Waals surface area contributed by atoms with Crippen LogP contribution in [0.15, 0.2) is 0 Å². The second kappa shape index (κ2) is 8.29. The molecule has 8 atom stereocenters. The molecular formula is C27H46O2. The van der Waals surface area contributed by atoms with Gasteiger partial charge in [-0.2, -0.15) is 0 Å². The van der Waals surface area contributed by atoms with Crippen molar-refractivity contribution < 1.29 is 9.90 Å². The van der Waals surface area contributed by atoms with Gasteiger partial charge >= 0.3 is 0 Å². The molecule has 0 aromatic rings. The molecule has 166 valence electrons. The Kier molecular flexibility index (Phi) is 6.24. The van der Waals surface area contributed by atoms with Crippen LogP contribution in [-0.4, -0.2) is 17.5 Å². The maximum absolute atomic E-state index is 13.2. The molecule has 4 fully saturated rings.